The number of halogens is 3. The van der Waals surface area contributed by atoms with Gasteiger partial charge in [-0.05, 0) is 48.2 Å². The Hall–Kier alpha value is -4.41. The molecule has 0 saturated heterocycles. The molecule has 0 amide bonds. The number of hydrogen-bond donors (Lipinski definition) is 2. The molecule has 198 valence electrons. The predicted molar refractivity (Wildman–Crippen MR) is 138 cm³/mol. The number of nitrogens with one attached hydrogen (secondary N) is 2. The molecular weight excluding hydrogens is 499 g/mol. The van der Waals surface area contributed by atoms with Gasteiger partial charge in [0.05, 0.1) is 19.6 Å². The van der Waals surface area contributed by atoms with E-state index in [0.29, 0.717) is 54.8 Å². The number of rotatable bonds is 11. The summed E-state index contributed by atoms with van der Waals surface area (Å²) >= 11 is 0. The fraction of sp³-hybridized carbons (Fsp3) is 0.259. The van der Waals surface area contributed by atoms with E-state index in [-0.39, 0.29) is 5.56 Å². The van der Waals surface area contributed by atoms with E-state index in [2.05, 4.69) is 25.6 Å². The van der Waals surface area contributed by atoms with E-state index in [9.17, 15) is 18.0 Å². The highest BCUT2D eigenvalue weighted by Crippen LogP contribution is 2.28. The summed E-state index contributed by atoms with van der Waals surface area (Å²) < 4.78 is 48.4. The Bertz CT molecular complexity index is 1410. The Morgan fingerprint density at radius 2 is 1.66 bits per heavy atom. The van der Waals surface area contributed by atoms with E-state index in [1.165, 1.54) is 24.3 Å². The highest BCUT2D eigenvalue weighted by molar-refractivity contribution is 6.00. The average Bonchev–Trinajstić information content (AvgIpc) is 2.93. The first kappa shape index (κ1) is 26.6. The second-order valence-corrected chi connectivity index (χ2v) is 8.37. The molecule has 0 aliphatic rings. The molecule has 0 radical (unpaired) electrons. The molecule has 0 unspecified atom stereocenters. The molecular formula is C27H26F3N5O3. The maximum atomic E-state index is 12.6. The van der Waals surface area contributed by atoms with Gasteiger partial charge in [-0.3, -0.25) is 4.79 Å². The number of benzene rings is 2. The van der Waals surface area contributed by atoms with Crippen molar-refractivity contribution in [2.75, 3.05) is 31.4 Å². The summed E-state index contributed by atoms with van der Waals surface area (Å²) in [5.41, 5.74) is 1.95. The van der Waals surface area contributed by atoms with E-state index in [1.54, 1.807) is 20.4 Å². The third-order valence-corrected chi connectivity index (χ3v) is 5.78. The lowest BCUT2D eigenvalue weighted by atomic mass is 10.0. The summed E-state index contributed by atoms with van der Waals surface area (Å²) in [6.07, 6.45) is -1.95. The SMILES string of the molecule is COc1ccc(CNc2nc(NCCCc3ccc(C(=O)C(F)(F)F)cc3)nc3ncccc23)cc1OC. The van der Waals surface area contributed by atoms with E-state index in [0.717, 1.165) is 16.5 Å². The summed E-state index contributed by atoms with van der Waals surface area (Å²) in [5.74, 6) is 0.445. The molecule has 2 heterocycles. The van der Waals surface area contributed by atoms with Gasteiger partial charge in [-0.1, -0.05) is 30.3 Å². The Morgan fingerprint density at radius 3 is 2.37 bits per heavy atom. The number of nitrogens with zero attached hydrogens (tertiary/aromatic N) is 3. The lowest BCUT2D eigenvalue weighted by Crippen LogP contribution is -2.22. The molecule has 0 aliphatic heterocycles. The number of fused-ring (bicyclic) bond motifs is 1. The first-order valence-electron chi connectivity index (χ1n) is 11.8. The summed E-state index contributed by atoms with van der Waals surface area (Å²) in [4.78, 5) is 24.8. The molecule has 4 aromatic rings. The van der Waals surface area contributed by atoms with Gasteiger partial charge in [-0.2, -0.15) is 23.1 Å². The number of carbonyl (C=O) groups is 1. The normalized spacial score (nSPS) is 11.3. The Morgan fingerprint density at radius 1 is 0.921 bits per heavy atom. The second-order valence-electron chi connectivity index (χ2n) is 8.37. The standard InChI is InChI=1S/C27H26F3N5O3/c1-37-21-12-9-18(15-22(21)38-2)16-33-25-20-6-4-13-31-24(20)34-26(35-25)32-14-3-5-17-7-10-19(11-8-17)23(36)27(28,29)30/h4,6-13,15H,3,5,14,16H2,1-2H3,(H2,31,32,33,34,35). The number of carbonyl (C=O) groups excluding carboxylic acids is 1. The molecule has 0 bridgehead atoms. The molecule has 0 fully saturated rings. The number of ether oxygens (including phenoxy) is 2. The summed E-state index contributed by atoms with van der Waals surface area (Å²) in [6, 6.07) is 14.8. The van der Waals surface area contributed by atoms with Crippen LogP contribution in [0.5, 0.6) is 11.5 Å². The van der Waals surface area contributed by atoms with Crippen molar-refractivity contribution >= 4 is 28.6 Å². The van der Waals surface area contributed by atoms with Gasteiger partial charge in [0.1, 0.15) is 5.82 Å². The summed E-state index contributed by atoms with van der Waals surface area (Å²) in [6.45, 7) is 1.00. The van der Waals surface area contributed by atoms with Gasteiger partial charge in [0.15, 0.2) is 17.1 Å². The van der Waals surface area contributed by atoms with E-state index < -0.39 is 12.0 Å². The molecule has 11 heteroatoms. The van der Waals surface area contributed by atoms with Crippen molar-refractivity contribution in [3.05, 3.63) is 77.5 Å². The maximum Gasteiger partial charge on any atom is 0.454 e. The van der Waals surface area contributed by atoms with Crippen LogP contribution >= 0.6 is 0 Å². The number of methoxy groups -OCH3 is 2. The number of Topliss-reactive ketones (excluding diaryl/α,β-unsaturated/α-hetero) is 1. The fourth-order valence-corrected chi connectivity index (χ4v) is 3.83. The van der Waals surface area contributed by atoms with Crippen LogP contribution in [0.4, 0.5) is 24.9 Å². The Labute approximate surface area is 217 Å². The number of pyridine rings is 1. The highest BCUT2D eigenvalue weighted by Gasteiger charge is 2.39. The van der Waals surface area contributed by atoms with Crippen LogP contribution in [-0.2, 0) is 13.0 Å². The third kappa shape index (κ3) is 6.47. The van der Waals surface area contributed by atoms with E-state index in [1.807, 2.05) is 30.3 Å². The number of aromatic nitrogens is 3. The minimum Gasteiger partial charge on any atom is -0.493 e. The minimum absolute atomic E-state index is 0.371. The van der Waals surface area contributed by atoms with E-state index >= 15 is 0 Å². The van der Waals surface area contributed by atoms with Crippen LogP contribution in [0.25, 0.3) is 11.0 Å². The van der Waals surface area contributed by atoms with Crippen molar-refractivity contribution in [1.82, 2.24) is 15.0 Å². The van der Waals surface area contributed by atoms with Crippen LogP contribution in [0, 0.1) is 0 Å². The first-order chi connectivity index (χ1) is 18.3. The van der Waals surface area contributed by atoms with Crippen molar-refractivity contribution in [1.29, 1.82) is 0 Å². The van der Waals surface area contributed by atoms with Gasteiger partial charge in [0, 0.05) is 24.8 Å². The molecule has 2 aromatic carbocycles. The topological polar surface area (TPSA) is 98.3 Å². The lowest BCUT2D eigenvalue weighted by molar-refractivity contribution is -0.0885. The monoisotopic (exact) mass is 525 g/mol. The van der Waals surface area contributed by atoms with Crippen molar-refractivity contribution in [2.24, 2.45) is 0 Å². The van der Waals surface area contributed by atoms with Gasteiger partial charge in [0.2, 0.25) is 5.95 Å². The smallest absolute Gasteiger partial charge is 0.454 e. The molecule has 2 N–H and O–H groups in total. The average molecular weight is 526 g/mol. The molecule has 2 aromatic heterocycles. The van der Waals surface area contributed by atoms with E-state index in [4.69, 9.17) is 9.47 Å². The number of aryl methyl sites for hydroxylation is 1. The predicted octanol–water partition coefficient (Wildman–Crippen LogP) is 5.44. The molecule has 4 rings (SSSR count). The van der Waals surface area contributed by atoms with Crippen LogP contribution in [0.3, 0.4) is 0 Å². The van der Waals surface area contributed by atoms with Crippen molar-refractivity contribution in [3.8, 4) is 11.5 Å². The van der Waals surface area contributed by atoms with Crippen molar-refractivity contribution < 1.29 is 27.4 Å². The van der Waals surface area contributed by atoms with Gasteiger partial charge in [-0.25, -0.2) is 4.98 Å². The lowest BCUT2D eigenvalue weighted by Gasteiger charge is -2.13. The van der Waals surface area contributed by atoms with Crippen molar-refractivity contribution in [2.45, 2.75) is 25.6 Å². The zero-order valence-corrected chi connectivity index (χ0v) is 20.8. The zero-order valence-electron chi connectivity index (χ0n) is 20.8. The second kappa shape index (κ2) is 11.8. The van der Waals surface area contributed by atoms with Gasteiger partial charge < -0.3 is 20.1 Å². The first-order valence-corrected chi connectivity index (χ1v) is 11.8. The number of anilines is 2. The van der Waals surface area contributed by atoms with Crippen LogP contribution < -0.4 is 20.1 Å². The van der Waals surface area contributed by atoms with Gasteiger partial charge >= 0.3 is 6.18 Å². The summed E-state index contributed by atoms with van der Waals surface area (Å²) in [7, 11) is 3.17. The van der Waals surface area contributed by atoms with Crippen LogP contribution in [0.1, 0.15) is 27.9 Å². The molecule has 38 heavy (non-hydrogen) atoms. The summed E-state index contributed by atoms with van der Waals surface area (Å²) in [5, 5.41) is 7.30. The van der Waals surface area contributed by atoms with Crippen LogP contribution in [0.15, 0.2) is 60.8 Å². The Balaban J connectivity index is 1.39. The molecule has 0 atom stereocenters. The van der Waals surface area contributed by atoms with Crippen molar-refractivity contribution in [3.63, 3.8) is 0 Å². The molecule has 0 saturated carbocycles. The number of alkyl halides is 3. The van der Waals surface area contributed by atoms with Gasteiger partial charge in [0.25, 0.3) is 5.78 Å². The quantitative estimate of drug-likeness (QED) is 0.197. The minimum atomic E-state index is -4.88. The van der Waals surface area contributed by atoms with Crippen LogP contribution in [-0.4, -0.2) is 47.7 Å². The fourth-order valence-electron chi connectivity index (χ4n) is 3.83. The molecule has 0 spiro atoms. The highest BCUT2D eigenvalue weighted by atomic mass is 19.4. The maximum absolute atomic E-state index is 12.6. The van der Waals surface area contributed by atoms with Crippen LogP contribution in [0.2, 0.25) is 0 Å². The molecule has 0 aliphatic carbocycles. The van der Waals surface area contributed by atoms with Gasteiger partial charge in [-0.15, -0.1) is 0 Å². The number of hydrogen-bond acceptors (Lipinski definition) is 8. The number of ketones is 1. The third-order valence-electron chi connectivity index (χ3n) is 5.78. The zero-order chi connectivity index (χ0) is 27.1. The Kier molecular flexibility index (Phi) is 8.25. The largest absolute Gasteiger partial charge is 0.493 e. The molecule has 8 nitrogen and oxygen atoms in total.